The molecule has 0 radical (unpaired) electrons. The first-order valence-electron chi connectivity index (χ1n) is 9.06. The first-order valence-corrected chi connectivity index (χ1v) is 9.06. The number of likely N-dealkylation sites (tertiary alicyclic amines) is 1. The Kier molecular flexibility index (Phi) is 5.78. The molecule has 9 nitrogen and oxygen atoms in total. The molecule has 2 aliphatic heterocycles. The highest BCUT2D eigenvalue weighted by atomic mass is 16.6. The minimum Gasteiger partial charge on any atom is -0.486 e. The van der Waals surface area contributed by atoms with Crippen molar-refractivity contribution in [3.8, 4) is 11.5 Å². The van der Waals surface area contributed by atoms with E-state index < -0.39 is 23.2 Å². The largest absolute Gasteiger partial charge is 0.486 e. The Hall–Kier alpha value is -2.84. The summed E-state index contributed by atoms with van der Waals surface area (Å²) in [5.41, 5.74) is -0.705. The lowest BCUT2D eigenvalue weighted by molar-refractivity contribution is -0.385. The first kappa shape index (κ1) is 18.9. The number of hydrogen-bond acceptors (Lipinski definition) is 7. The lowest BCUT2D eigenvalue weighted by Crippen LogP contribution is -2.45. The number of rotatable bonds is 5. The third-order valence-corrected chi connectivity index (χ3v) is 4.82. The van der Waals surface area contributed by atoms with Gasteiger partial charge in [0.05, 0.1) is 11.0 Å². The maximum absolute atomic E-state index is 12.4. The van der Waals surface area contributed by atoms with Gasteiger partial charge >= 0.3 is 5.97 Å². The monoisotopic (exact) mass is 378 g/mol. The van der Waals surface area contributed by atoms with Crippen LogP contribution in [-0.4, -0.2) is 54.1 Å². The van der Waals surface area contributed by atoms with Crippen LogP contribution in [0.1, 0.15) is 43.0 Å². The third-order valence-electron chi connectivity index (χ3n) is 4.82. The molecule has 1 saturated heterocycles. The van der Waals surface area contributed by atoms with Crippen molar-refractivity contribution < 1.29 is 28.7 Å². The van der Waals surface area contributed by atoms with Crippen LogP contribution in [0.3, 0.4) is 0 Å². The summed E-state index contributed by atoms with van der Waals surface area (Å²) in [7, 11) is 0. The molecular formula is C18H22N2O7. The standard InChI is InChI=1S/C18H22N2O7/c1-2-12-5-3-4-6-19(12)17(21)11-27-18(22)13-9-15-16(26-8-7-25-15)10-14(13)20(23)24/h9-10,12H,2-8,11H2,1H3. The predicted octanol–water partition coefficient (Wildman–Crippen LogP) is 2.31. The van der Waals surface area contributed by atoms with Crippen LogP contribution in [0.2, 0.25) is 0 Å². The van der Waals surface area contributed by atoms with Crippen LogP contribution in [0, 0.1) is 10.1 Å². The summed E-state index contributed by atoms with van der Waals surface area (Å²) in [6.07, 6.45) is 3.77. The zero-order valence-electron chi connectivity index (χ0n) is 15.1. The second-order valence-corrected chi connectivity index (χ2v) is 6.49. The normalized spacial score (nSPS) is 18.7. The molecule has 1 fully saturated rings. The fraction of sp³-hybridized carbons (Fsp3) is 0.556. The van der Waals surface area contributed by atoms with Crippen LogP contribution >= 0.6 is 0 Å². The lowest BCUT2D eigenvalue weighted by atomic mass is 10.00. The lowest BCUT2D eigenvalue weighted by Gasteiger charge is -2.35. The summed E-state index contributed by atoms with van der Waals surface area (Å²) in [6, 6.07) is 2.52. The average Bonchev–Trinajstić information content (AvgIpc) is 2.70. The Balaban J connectivity index is 1.72. The summed E-state index contributed by atoms with van der Waals surface area (Å²) in [6.45, 7) is 2.77. The van der Waals surface area contributed by atoms with Crippen LogP contribution in [-0.2, 0) is 9.53 Å². The van der Waals surface area contributed by atoms with E-state index in [1.807, 2.05) is 6.92 Å². The number of fused-ring (bicyclic) bond motifs is 1. The number of nitro groups is 1. The van der Waals surface area contributed by atoms with E-state index in [-0.39, 0.29) is 42.2 Å². The number of carbonyl (C=O) groups is 2. The first-order chi connectivity index (χ1) is 13.0. The molecule has 3 rings (SSSR count). The van der Waals surface area contributed by atoms with Crippen LogP contribution in [0.25, 0.3) is 0 Å². The van der Waals surface area contributed by atoms with E-state index in [2.05, 4.69) is 0 Å². The average molecular weight is 378 g/mol. The van der Waals surface area contributed by atoms with E-state index in [4.69, 9.17) is 14.2 Å². The smallest absolute Gasteiger partial charge is 0.345 e. The Morgan fingerprint density at radius 3 is 2.63 bits per heavy atom. The fourth-order valence-electron chi connectivity index (χ4n) is 3.43. The summed E-state index contributed by atoms with van der Waals surface area (Å²) < 4.78 is 15.8. The quantitative estimate of drug-likeness (QED) is 0.439. The van der Waals surface area contributed by atoms with Gasteiger partial charge in [-0.3, -0.25) is 14.9 Å². The van der Waals surface area contributed by atoms with E-state index in [9.17, 15) is 19.7 Å². The van der Waals surface area contributed by atoms with Crippen LogP contribution < -0.4 is 9.47 Å². The number of amides is 1. The van der Waals surface area contributed by atoms with Gasteiger partial charge in [-0.1, -0.05) is 6.92 Å². The van der Waals surface area contributed by atoms with E-state index >= 15 is 0 Å². The van der Waals surface area contributed by atoms with Crippen molar-refractivity contribution in [3.05, 3.63) is 27.8 Å². The molecule has 27 heavy (non-hydrogen) atoms. The molecule has 0 aromatic heterocycles. The van der Waals surface area contributed by atoms with Crippen LogP contribution in [0.4, 0.5) is 5.69 Å². The molecule has 0 N–H and O–H groups in total. The molecule has 0 aliphatic carbocycles. The van der Waals surface area contributed by atoms with Gasteiger partial charge in [0, 0.05) is 18.7 Å². The fourth-order valence-corrected chi connectivity index (χ4v) is 3.43. The van der Waals surface area contributed by atoms with Gasteiger partial charge in [0.2, 0.25) is 0 Å². The molecule has 9 heteroatoms. The number of esters is 1. The number of piperidine rings is 1. The van der Waals surface area contributed by atoms with Gasteiger partial charge < -0.3 is 19.1 Å². The van der Waals surface area contributed by atoms with Crippen molar-refractivity contribution in [1.82, 2.24) is 4.90 Å². The molecule has 2 heterocycles. The highest BCUT2D eigenvalue weighted by molar-refractivity contribution is 5.96. The van der Waals surface area contributed by atoms with Gasteiger partial charge in [-0.25, -0.2) is 4.79 Å². The predicted molar refractivity (Wildman–Crippen MR) is 94.0 cm³/mol. The number of nitrogens with zero attached hydrogens (tertiary/aromatic N) is 2. The molecule has 0 spiro atoms. The second kappa shape index (κ2) is 8.24. The van der Waals surface area contributed by atoms with Crippen LogP contribution in [0.5, 0.6) is 11.5 Å². The van der Waals surface area contributed by atoms with Gasteiger partial charge in [0.25, 0.3) is 11.6 Å². The Morgan fingerprint density at radius 2 is 1.96 bits per heavy atom. The maximum atomic E-state index is 12.4. The molecule has 0 saturated carbocycles. The maximum Gasteiger partial charge on any atom is 0.345 e. The second-order valence-electron chi connectivity index (χ2n) is 6.49. The van der Waals surface area contributed by atoms with Gasteiger partial charge in [0.1, 0.15) is 18.8 Å². The molecule has 2 aliphatic rings. The summed E-state index contributed by atoms with van der Waals surface area (Å²) in [5.74, 6) is -0.765. The highest BCUT2D eigenvalue weighted by Crippen LogP contribution is 2.36. The topological polar surface area (TPSA) is 108 Å². The molecule has 146 valence electrons. The molecule has 1 aromatic rings. The van der Waals surface area contributed by atoms with Gasteiger partial charge in [-0.15, -0.1) is 0 Å². The minimum absolute atomic E-state index is 0.147. The van der Waals surface area contributed by atoms with Gasteiger partial charge in [0.15, 0.2) is 18.1 Å². The zero-order chi connectivity index (χ0) is 19.4. The van der Waals surface area contributed by atoms with E-state index in [0.717, 1.165) is 31.7 Å². The van der Waals surface area contributed by atoms with Crippen molar-refractivity contribution in [2.45, 2.75) is 38.6 Å². The molecule has 1 amide bonds. The number of nitro benzene ring substituents is 1. The number of benzene rings is 1. The molecule has 1 atom stereocenters. The van der Waals surface area contributed by atoms with Gasteiger partial charge in [-0.2, -0.15) is 0 Å². The Labute approximate surface area is 156 Å². The highest BCUT2D eigenvalue weighted by Gasteiger charge is 2.29. The summed E-state index contributed by atoms with van der Waals surface area (Å²) in [5, 5.41) is 11.3. The summed E-state index contributed by atoms with van der Waals surface area (Å²) in [4.78, 5) is 37.2. The minimum atomic E-state index is -0.933. The van der Waals surface area contributed by atoms with E-state index in [0.29, 0.717) is 6.54 Å². The number of hydrogen-bond donors (Lipinski definition) is 0. The van der Waals surface area contributed by atoms with E-state index in [1.54, 1.807) is 4.90 Å². The molecule has 0 bridgehead atoms. The van der Waals surface area contributed by atoms with Crippen molar-refractivity contribution >= 4 is 17.6 Å². The van der Waals surface area contributed by atoms with Crippen LogP contribution in [0.15, 0.2) is 12.1 Å². The van der Waals surface area contributed by atoms with Crippen molar-refractivity contribution in [2.24, 2.45) is 0 Å². The number of carbonyl (C=O) groups excluding carboxylic acids is 2. The third kappa shape index (κ3) is 4.12. The molecule has 1 unspecified atom stereocenters. The Bertz CT molecular complexity index is 749. The van der Waals surface area contributed by atoms with Gasteiger partial charge in [-0.05, 0) is 25.7 Å². The van der Waals surface area contributed by atoms with Crippen molar-refractivity contribution in [2.75, 3.05) is 26.4 Å². The SMILES string of the molecule is CCC1CCCCN1C(=O)COC(=O)c1cc2c(cc1[N+](=O)[O-])OCCO2. The molecule has 1 aromatic carbocycles. The summed E-state index contributed by atoms with van der Waals surface area (Å²) >= 11 is 0. The van der Waals surface area contributed by atoms with Crippen molar-refractivity contribution in [1.29, 1.82) is 0 Å². The van der Waals surface area contributed by atoms with E-state index in [1.165, 1.54) is 6.07 Å². The number of ether oxygens (including phenoxy) is 3. The zero-order valence-corrected chi connectivity index (χ0v) is 15.1. The Morgan fingerprint density at radius 1 is 1.26 bits per heavy atom. The van der Waals surface area contributed by atoms with Crippen molar-refractivity contribution in [3.63, 3.8) is 0 Å². The molecular weight excluding hydrogens is 356 g/mol.